The molecule has 0 saturated heterocycles. The fraction of sp³-hybridized carbons (Fsp3) is 0.462. The smallest absolute Gasteiger partial charge is 0.245 e. The number of nitrogens with zero attached hydrogens (tertiary/aromatic N) is 2. The molecule has 0 aliphatic heterocycles. The summed E-state index contributed by atoms with van der Waals surface area (Å²) in [6.07, 6.45) is 0. The van der Waals surface area contributed by atoms with Crippen LogP contribution in [0.4, 0.5) is 5.69 Å². The molecule has 104 valence electrons. The van der Waals surface area contributed by atoms with Crippen molar-refractivity contribution in [2.45, 2.75) is 25.7 Å². The lowest BCUT2D eigenvalue weighted by Crippen LogP contribution is -2.35. The average molecular weight is 281 g/mol. The number of anilines is 1. The van der Waals surface area contributed by atoms with Gasteiger partial charge in [-0.05, 0) is 25.5 Å². The second-order valence-electron chi connectivity index (χ2n) is 4.48. The Balaban J connectivity index is 3.26. The van der Waals surface area contributed by atoms with Crippen molar-refractivity contribution in [3.8, 4) is 6.07 Å². The van der Waals surface area contributed by atoms with Gasteiger partial charge in [-0.2, -0.15) is 9.57 Å². The molecule has 0 spiro atoms. The van der Waals surface area contributed by atoms with Crippen molar-refractivity contribution >= 4 is 15.7 Å². The van der Waals surface area contributed by atoms with Gasteiger partial charge in [-0.25, -0.2) is 8.42 Å². The van der Waals surface area contributed by atoms with Crippen LogP contribution >= 0.6 is 0 Å². The van der Waals surface area contributed by atoms with E-state index in [0.29, 0.717) is 12.1 Å². The first-order valence-electron chi connectivity index (χ1n) is 6.09. The van der Waals surface area contributed by atoms with Crippen LogP contribution < -0.4 is 5.73 Å². The number of hydrogen-bond acceptors (Lipinski definition) is 4. The maximum absolute atomic E-state index is 12.6. The third-order valence-corrected chi connectivity index (χ3v) is 5.05. The van der Waals surface area contributed by atoms with Crippen LogP contribution in [0.5, 0.6) is 0 Å². The summed E-state index contributed by atoms with van der Waals surface area (Å²) in [5.41, 5.74) is 6.65. The minimum Gasteiger partial charge on any atom is -0.398 e. The number of nitrogen functional groups attached to an aromatic ring is 1. The number of benzene rings is 1. The molecule has 0 fully saturated rings. The predicted molar refractivity (Wildman–Crippen MR) is 74.8 cm³/mol. The molecule has 0 radical (unpaired) electrons. The standard InChI is InChI=1S/C13H19N3O2S/c1-4-16(9-10(2)8-14)19(17,18)13-11(3)6-5-7-12(13)15/h5-7,10H,4,9,15H2,1-3H3. The van der Waals surface area contributed by atoms with Crippen molar-refractivity contribution in [1.82, 2.24) is 4.31 Å². The van der Waals surface area contributed by atoms with Gasteiger partial charge in [-0.15, -0.1) is 0 Å². The highest BCUT2D eigenvalue weighted by atomic mass is 32.2. The zero-order valence-corrected chi connectivity index (χ0v) is 12.2. The number of nitriles is 1. The molecular formula is C13H19N3O2S. The van der Waals surface area contributed by atoms with Gasteiger partial charge in [-0.3, -0.25) is 0 Å². The van der Waals surface area contributed by atoms with E-state index in [4.69, 9.17) is 11.0 Å². The third-order valence-electron chi connectivity index (χ3n) is 2.89. The van der Waals surface area contributed by atoms with E-state index in [0.717, 1.165) is 0 Å². The quantitative estimate of drug-likeness (QED) is 0.833. The molecule has 19 heavy (non-hydrogen) atoms. The van der Waals surface area contributed by atoms with Crippen LogP contribution in [0.1, 0.15) is 19.4 Å². The van der Waals surface area contributed by atoms with Crippen LogP contribution in [0.25, 0.3) is 0 Å². The number of nitrogens with two attached hydrogens (primary N) is 1. The number of sulfonamides is 1. The van der Waals surface area contributed by atoms with Crippen molar-refractivity contribution < 1.29 is 8.42 Å². The normalized spacial score (nSPS) is 13.2. The highest BCUT2D eigenvalue weighted by Crippen LogP contribution is 2.26. The van der Waals surface area contributed by atoms with Gasteiger partial charge >= 0.3 is 0 Å². The molecule has 1 aromatic rings. The second kappa shape index (κ2) is 6.04. The summed E-state index contributed by atoms with van der Waals surface area (Å²) in [5.74, 6) is -0.361. The molecule has 2 N–H and O–H groups in total. The van der Waals surface area contributed by atoms with Crippen LogP contribution in [0.3, 0.4) is 0 Å². The Morgan fingerprint density at radius 1 is 1.47 bits per heavy atom. The van der Waals surface area contributed by atoms with Crippen LogP contribution in [-0.2, 0) is 10.0 Å². The van der Waals surface area contributed by atoms with Gasteiger partial charge in [-0.1, -0.05) is 19.1 Å². The molecule has 1 atom stereocenters. The van der Waals surface area contributed by atoms with Gasteiger partial charge in [0.1, 0.15) is 4.90 Å². The molecule has 0 aliphatic carbocycles. The molecule has 0 heterocycles. The Labute approximate surface area is 114 Å². The van der Waals surface area contributed by atoms with E-state index in [1.165, 1.54) is 4.31 Å². The second-order valence-corrected chi connectivity index (χ2v) is 6.35. The van der Waals surface area contributed by atoms with Gasteiger partial charge in [0.15, 0.2) is 0 Å². The Morgan fingerprint density at radius 2 is 2.11 bits per heavy atom. The van der Waals surface area contributed by atoms with Gasteiger partial charge < -0.3 is 5.73 Å². The van der Waals surface area contributed by atoms with Crippen molar-refractivity contribution in [1.29, 1.82) is 5.26 Å². The zero-order valence-electron chi connectivity index (χ0n) is 11.4. The Bertz CT molecular complexity index is 570. The Kier molecular flexibility index (Phi) is 4.92. The molecule has 1 unspecified atom stereocenters. The molecular weight excluding hydrogens is 262 g/mol. The minimum absolute atomic E-state index is 0.141. The average Bonchev–Trinajstić information content (AvgIpc) is 2.34. The summed E-state index contributed by atoms with van der Waals surface area (Å²) in [6.45, 7) is 5.63. The first kappa shape index (κ1) is 15.5. The molecule has 5 nitrogen and oxygen atoms in total. The molecule has 0 bridgehead atoms. The van der Waals surface area contributed by atoms with Crippen LogP contribution in [0.15, 0.2) is 23.1 Å². The first-order chi connectivity index (χ1) is 8.84. The number of aryl methyl sites for hydroxylation is 1. The number of hydrogen-bond donors (Lipinski definition) is 1. The SMILES string of the molecule is CCN(CC(C)C#N)S(=O)(=O)c1c(C)cccc1N. The third kappa shape index (κ3) is 3.25. The summed E-state index contributed by atoms with van der Waals surface area (Å²) in [4.78, 5) is 0.141. The van der Waals surface area contributed by atoms with Gasteiger partial charge in [0.25, 0.3) is 0 Å². The lowest BCUT2D eigenvalue weighted by Gasteiger charge is -2.23. The topological polar surface area (TPSA) is 87.2 Å². The minimum atomic E-state index is -3.66. The molecule has 0 saturated carbocycles. The van der Waals surface area contributed by atoms with E-state index in [2.05, 4.69) is 0 Å². The summed E-state index contributed by atoms with van der Waals surface area (Å²) >= 11 is 0. The molecule has 0 aromatic heterocycles. The van der Waals surface area contributed by atoms with Crippen molar-refractivity contribution in [2.24, 2.45) is 5.92 Å². The van der Waals surface area contributed by atoms with E-state index in [9.17, 15) is 8.42 Å². The molecule has 1 aromatic carbocycles. The molecule has 0 aliphatic rings. The van der Waals surface area contributed by atoms with Crippen LogP contribution in [0.2, 0.25) is 0 Å². The van der Waals surface area contributed by atoms with Crippen molar-refractivity contribution in [3.63, 3.8) is 0 Å². The first-order valence-corrected chi connectivity index (χ1v) is 7.53. The van der Waals surface area contributed by atoms with Crippen LogP contribution in [0, 0.1) is 24.2 Å². The summed E-state index contributed by atoms with van der Waals surface area (Å²) in [7, 11) is -3.66. The highest BCUT2D eigenvalue weighted by molar-refractivity contribution is 7.89. The summed E-state index contributed by atoms with van der Waals surface area (Å²) in [5, 5.41) is 8.83. The zero-order chi connectivity index (χ0) is 14.6. The fourth-order valence-corrected chi connectivity index (χ4v) is 3.76. The van der Waals surface area contributed by atoms with Crippen LogP contribution in [-0.4, -0.2) is 25.8 Å². The van der Waals surface area contributed by atoms with E-state index in [1.54, 1.807) is 39.0 Å². The maximum Gasteiger partial charge on any atom is 0.245 e. The monoisotopic (exact) mass is 281 g/mol. The lowest BCUT2D eigenvalue weighted by atomic mass is 10.2. The number of rotatable bonds is 5. The molecule has 0 amide bonds. The predicted octanol–water partition coefficient (Wildman–Crippen LogP) is 1.75. The Morgan fingerprint density at radius 3 is 2.58 bits per heavy atom. The Hall–Kier alpha value is -1.58. The van der Waals surface area contributed by atoms with E-state index in [-0.39, 0.29) is 23.0 Å². The maximum atomic E-state index is 12.6. The summed E-state index contributed by atoms with van der Waals surface area (Å²) < 4.78 is 26.5. The molecule has 1 rings (SSSR count). The van der Waals surface area contributed by atoms with Crippen molar-refractivity contribution in [2.75, 3.05) is 18.8 Å². The highest BCUT2D eigenvalue weighted by Gasteiger charge is 2.27. The van der Waals surface area contributed by atoms with E-state index >= 15 is 0 Å². The lowest BCUT2D eigenvalue weighted by molar-refractivity contribution is 0.400. The van der Waals surface area contributed by atoms with Gasteiger partial charge in [0.05, 0.1) is 17.7 Å². The molecule has 6 heteroatoms. The van der Waals surface area contributed by atoms with Gasteiger partial charge in [0.2, 0.25) is 10.0 Å². The van der Waals surface area contributed by atoms with Crippen molar-refractivity contribution in [3.05, 3.63) is 23.8 Å². The summed E-state index contributed by atoms with van der Waals surface area (Å²) in [6, 6.07) is 7.05. The van der Waals surface area contributed by atoms with Gasteiger partial charge in [0, 0.05) is 13.1 Å². The largest absolute Gasteiger partial charge is 0.398 e. The van der Waals surface area contributed by atoms with E-state index in [1.807, 2.05) is 6.07 Å². The fourth-order valence-electron chi connectivity index (χ4n) is 1.90. The van der Waals surface area contributed by atoms with E-state index < -0.39 is 10.0 Å².